The molecule has 2 heteroatoms. The third kappa shape index (κ3) is 4.55. The van der Waals surface area contributed by atoms with Gasteiger partial charge in [0.1, 0.15) is 0 Å². The van der Waals surface area contributed by atoms with Gasteiger partial charge in [-0.1, -0.05) is 30.3 Å². The SMILES string of the molecule is c1ccc(C2CCC(NCCC3CCCCO3)CC2)cc1. The van der Waals surface area contributed by atoms with Crippen LogP contribution in [-0.2, 0) is 4.74 Å². The van der Waals surface area contributed by atoms with Crippen LogP contribution in [0.2, 0.25) is 0 Å². The standard InChI is InChI=1S/C19H29NO/c1-2-6-16(7-3-1)17-9-11-18(12-10-17)20-14-13-19-8-4-5-15-21-19/h1-3,6-7,17-20H,4-5,8-15H2. The molecular formula is C19H29NO. The predicted octanol–water partition coefficient (Wildman–Crippen LogP) is 4.26. The molecule has 0 radical (unpaired) electrons. The van der Waals surface area contributed by atoms with Gasteiger partial charge in [0.2, 0.25) is 0 Å². The summed E-state index contributed by atoms with van der Waals surface area (Å²) in [5, 5.41) is 3.76. The van der Waals surface area contributed by atoms with Crippen molar-refractivity contribution < 1.29 is 4.74 Å². The van der Waals surface area contributed by atoms with Gasteiger partial charge in [-0.3, -0.25) is 0 Å². The minimum Gasteiger partial charge on any atom is -0.378 e. The van der Waals surface area contributed by atoms with E-state index in [1.54, 1.807) is 0 Å². The van der Waals surface area contributed by atoms with Gasteiger partial charge in [0.05, 0.1) is 6.10 Å². The lowest BCUT2D eigenvalue weighted by molar-refractivity contribution is 0.0110. The minimum absolute atomic E-state index is 0.520. The van der Waals surface area contributed by atoms with Crippen LogP contribution in [0.3, 0.4) is 0 Å². The molecule has 1 unspecified atom stereocenters. The Balaban J connectivity index is 1.34. The molecule has 1 saturated carbocycles. The second-order valence-corrected chi connectivity index (χ2v) is 6.69. The zero-order valence-corrected chi connectivity index (χ0v) is 13.1. The van der Waals surface area contributed by atoms with Gasteiger partial charge in [-0.15, -0.1) is 0 Å². The zero-order valence-electron chi connectivity index (χ0n) is 13.1. The molecule has 1 N–H and O–H groups in total. The van der Waals surface area contributed by atoms with Crippen LogP contribution < -0.4 is 5.32 Å². The molecule has 2 aliphatic rings. The van der Waals surface area contributed by atoms with Crippen molar-refractivity contribution in [3.8, 4) is 0 Å². The Hall–Kier alpha value is -0.860. The summed E-state index contributed by atoms with van der Waals surface area (Å²) < 4.78 is 5.80. The van der Waals surface area contributed by atoms with Gasteiger partial charge in [0.25, 0.3) is 0 Å². The summed E-state index contributed by atoms with van der Waals surface area (Å²) in [5.74, 6) is 0.783. The molecule has 1 aromatic rings. The van der Waals surface area contributed by atoms with Crippen LogP contribution in [0.25, 0.3) is 0 Å². The lowest BCUT2D eigenvalue weighted by atomic mass is 9.82. The average Bonchev–Trinajstić information content (AvgIpc) is 2.57. The largest absolute Gasteiger partial charge is 0.378 e. The van der Waals surface area contributed by atoms with Crippen molar-refractivity contribution in [2.24, 2.45) is 0 Å². The van der Waals surface area contributed by atoms with Crippen molar-refractivity contribution in [1.29, 1.82) is 0 Å². The summed E-state index contributed by atoms with van der Waals surface area (Å²) in [4.78, 5) is 0. The summed E-state index contributed by atoms with van der Waals surface area (Å²) in [7, 11) is 0. The molecule has 21 heavy (non-hydrogen) atoms. The van der Waals surface area contributed by atoms with E-state index in [1.165, 1.54) is 56.9 Å². The maximum atomic E-state index is 5.80. The fraction of sp³-hybridized carbons (Fsp3) is 0.684. The van der Waals surface area contributed by atoms with E-state index in [1.807, 2.05) is 0 Å². The molecular weight excluding hydrogens is 258 g/mol. The van der Waals surface area contributed by atoms with E-state index < -0.39 is 0 Å². The van der Waals surface area contributed by atoms with E-state index in [9.17, 15) is 0 Å². The highest BCUT2D eigenvalue weighted by Gasteiger charge is 2.22. The smallest absolute Gasteiger partial charge is 0.0587 e. The normalized spacial score (nSPS) is 30.2. The molecule has 116 valence electrons. The highest BCUT2D eigenvalue weighted by atomic mass is 16.5. The minimum atomic E-state index is 0.520. The Morgan fingerprint density at radius 2 is 1.76 bits per heavy atom. The summed E-state index contributed by atoms with van der Waals surface area (Å²) in [6.45, 7) is 2.11. The van der Waals surface area contributed by atoms with Crippen LogP contribution in [0.15, 0.2) is 30.3 Å². The second kappa shape index (κ2) is 7.95. The van der Waals surface area contributed by atoms with Gasteiger partial charge in [0.15, 0.2) is 0 Å². The van der Waals surface area contributed by atoms with Gasteiger partial charge in [-0.25, -0.2) is 0 Å². The highest BCUT2D eigenvalue weighted by Crippen LogP contribution is 2.32. The molecule has 0 amide bonds. The van der Waals surface area contributed by atoms with Gasteiger partial charge in [-0.05, 0) is 69.4 Å². The molecule has 1 aliphatic carbocycles. The number of rotatable bonds is 5. The molecule has 1 heterocycles. The summed E-state index contributed by atoms with van der Waals surface area (Å²) >= 11 is 0. The monoisotopic (exact) mass is 287 g/mol. The van der Waals surface area contributed by atoms with Crippen molar-refractivity contribution in [2.45, 2.75) is 69.4 Å². The first kappa shape index (κ1) is 15.1. The van der Waals surface area contributed by atoms with Gasteiger partial charge in [0, 0.05) is 12.6 Å². The number of hydrogen-bond donors (Lipinski definition) is 1. The van der Waals surface area contributed by atoms with E-state index in [0.29, 0.717) is 6.10 Å². The Morgan fingerprint density at radius 3 is 2.48 bits per heavy atom. The maximum absolute atomic E-state index is 5.80. The van der Waals surface area contributed by atoms with Crippen LogP contribution in [0, 0.1) is 0 Å². The van der Waals surface area contributed by atoms with E-state index >= 15 is 0 Å². The Morgan fingerprint density at radius 1 is 0.952 bits per heavy atom. The van der Waals surface area contributed by atoms with Crippen molar-refractivity contribution in [3.05, 3.63) is 35.9 Å². The van der Waals surface area contributed by atoms with E-state index in [0.717, 1.165) is 25.1 Å². The highest BCUT2D eigenvalue weighted by molar-refractivity contribution is 5.20. The Kier molecular flexibility index (Phi) is 5.70. The van der Waals surface area contributed by atoms with Crippen molar-refractivity contribution in [1.82, 2.24) is 5.32 Å². The van der Waals surface area contributed by atoms with Crippen molar-refractivity contribution in [3.63, 3.8) is 0 Å². The summed E-state index contributed by atoms with van der Waals surface area (Å²) in [6, 6.07) is 11.8. The number of benzene rings is 1. The van der Waals surface area contributed by atoms with Crippen LogP contribution in [-0.4, -0.2) is 25.3 Å². The van der Waals surface area contributed by atoms with Crippen LogP contribution in [0.4, 0.5) is 0 Å². The number of hydrogen-bond acceptors (Lipinski definition) is 2. The molecule has 1 aromatic carbocycles. The molecule has 1 atom stereocenters. The first-order valence-electron chi connectivity index (χ1n) is 8.82. The van der Waals surface area contributed by atoms with E-state index in [4.69, 9.17) is 4.74 Å². The molecule has 0 bridgehead atoms. The maximum Gasteiger partial charge on any atom is 0.0587 e. The Labute approximate surface area is 129 Å². The zero-order chi connectivity index (χ0) is 14.3. The molecule has 1 saturated heterocycles. The van der Waals surface area contributed by atoms with Gasteiger partial charge in [-0.2, -0.15) is 0 Å². The van der Waals surface area contributed by atoms with Crippen molar-refractivity contribution in [2.75, 3.05) is 13.2 Å². The van der Waals surface area contributed by atoms with E-state index in [-0.39, 0.29) is 0 Å². The topological polar surface area (TPSA) is 21.3 Å². The molecule has 3 rings (SSSR count). The number of nitrogens with one attached hydrogen (secondary N) is 1. The van der Waals surface area contributed by atoms with Gasteiger partial charge >= 0.3 is 0 Å². The second-order valence-electron chi connectivity index (χ2n) is 6.69. The van der Waals surface area contributed by atoms with Crippen LogP contribution in [0.5, 0.6) is 0 Å². The molecule has 0 spiro atoms. The van der Waals surface area contributed by atoms with E-state index in [2.05, 4.69) is 35.6 Å². The third-order valence-electron chi connectivity index (χ3n) is 5.17. The predicted molar refractivity (Wildman–Crippen MR) is 87.6 cm³/mol. The molecule has 2 fully saturated rings. The molecule has 1 aliphatic heterocycles. The van der Waals surface area contributed by atoms with Crippen LogP contribution in [0.1, 0.15) is 62.8 Å². The lowest BCUT2D eigenvalue weighted by Crippen LogP contribution is -2.35. The van der Waals surface area contributed by atoms with Gasteiger partial charge < -0.3 is 10.1 Å². The quantitative estimate of drug-likeness (QED) is 0.873. The third-order valence-corrected chi connectivity index (χ3v) is 5.17. The number of ether oxygens (including phenoxy) is 1. The summed E-state index contributed by atoms with van der Waals surface area (Å²) in [5.41, 5.74) is 1.53. The first-order chi connectivity index (χ1) is 10.4. The molecule has 2 nitrogen and oxygen atoms in total. The lowest BCUT2D eigenvalue weighted by Gasteiger charge is -2.30. The Bertz CT molecular complexity index is 391. The fourth-order valence-corrected chi connectivity index (χ4v) is 3.84. The van der Waals surface area contributed by atoms with Crippen molar-refractivity contribution >= 4 is 0 Å². The molecule has 0 aromatic heterocycles. The van der Waals surface area contributed by atoms with Crippen LogP contribution >= 0.6 is 0 Å². The first-order valence-corrected chi connectivity index (χ1v) is 8.82. The fourth-order valence-electron chi connectivity index (χ4n) is 3.84. The average molecular weight is 287 g/mol. The summed E-state index contributed by atoms with van der Waals surface area (Å²) in [6.07, 6.45) is 10.9.